The summed E-state index contributed by atoms with van der Waals surface area (Å²) in [5.41, 5.74) is 2.23. The number of nitrogens with zero attached hydrogens (tertiary/aromatic N) is 7. The van der Waals surface area contributed by atoms with Gasteiger partial charge in [-0.15, -0.1) is 0 Å². The van der Waals surface area contributed by atoms with Crippen LogP contribution in [0.1, 0.15) is 6.42 Å². The molecule has 1 aliphatic heterocycles. The minimum absolute atomic E-state index is 0.253. The maximum Gasteiger partial charge on any atom is 0.227 e. The van der Waals surface area contributed by atoms with Crippen molar-refractivity contribution in [3.05, 3.63) is 37.1 Å². The highest BCUT2D eigenvalue weighted by molar-refractivity contribution is 5.60. The van der Waals surface area contributed by atoms with Crippen LogP contribution in [0, 0.1) is 11.3 Å². The van der Waals surface area contributed by atoms with E-state index in [1.807, 2.05) is 30.2 Å². The van der Waals surface area contributed by atoms with Crippen molar-refractivity contribution in [2.45, 2.75) is 12.0 Å². The molecular weight excluding hydrogens is 318 g/mol. The number of nitrogens with one attached hydrogen (secondary N) is 2. The summed E-state index contributed by atoms with van der Waals surface area (Å²) in [5, 5.41) is 24.0. The average molecular weight is 335 g/mol. The molecule has 0 unspecified atom stereocenters. The van der Waals surface area contributed by atoms with Crippen LogP contribution in [0.3, 0.4) is 0 Å². The first-order chi connectivity index (χ1) is 12.2. The third kappa shape index (κ3) is 2.83. The second kappa shape index (κ2) is 5.99. The van der Waals surface area contributed by atoms with Crippen molar-refractivity contribution in [1.29, 1.82) is 5.26 Å². The van der Waals surface area contributed by atoms with E-state index < -0.39 is 0 Å². The SMILES string of the molecule is Cn1cc(Nc2nccc(-c3cnn(C4(CC#N)CNC4)c3)n2)cn1. The Balaban J connectivity index is 1.58. The first kappa shape index (κ1) is 15.3. The Bertz CT molecular complexity index is 929. The zero-order valence-corrected chi connectivity index (χ0v) is 13.7. The minimum atomic E-state index is -0.253. The van der Waals surface area contributed by atoms with Crippen molar-refractivity contribution in [2.24, 2.45) is 7.05 Å². The molecule has 126 valence electrons. The predicted molar refractivity (Wildman–Crippen MR) is 90.8 cm³/mol. The molecule has 0 radical (unpaired) electrons. The van der Waals surface area contributed by atoms with E-state index >= 15 is 0 Å². The van der Waals surface area contributed by atoms with Crippen molar-refractivity contribution >= 4 is 11.6 Å². The largest absolute Gasteiger partial charge is 0.321 e. The molecule has 0 bridgehead atoms. The summed E-state index contributed by atoms with van der Waals surface area (Å²) < 4.78 is 3.58. The van der Waals surface area contributed by atoms with E-state index in [4.69, 9.17) is 5.26 Å². The summed E-state index contributed by atoms with van der Waals surface area (Å²) in [4.78, 5) is 8.78. The van der Waals surface area contributed by atoms with Gasteiger partial charge in [-0.2, -0.15) is 15.5 Å². The predicted octanol–water partition coefficient (Wildman–Crippen LogP) is 1.03. The lowest BCUT2D eigenvalue weighted by Crippen LogP contribution is -2.60. The van der Waals surface area contributed by atoms with Crippen molar-refractivity contribution < 1.29 is 0 Å². The summed E-state index contributed by atoms with van der Waals surface area (Å²) >= 11 is 0. The highest BCUT2D eigenvalue weighted by Crippen LogP contribution is 2.27. The fraction of sp³-hybridized carbons (Fsp3) is 0.312. The molecule has 0 saturated carbocycles. The van der Waals surface area contributed by atoms with Crippen LogP contribution in [0.5, 0.6) is 0 Å². The van der Waals surface area contributed by atoms with Gasteiger partial charge in [0.15, 0.2) is 0 Å². The Labute approximate surface area is 144 Å². The lowest BCUT2D eigenvalue weighted by atomic mass is 9.89. The Morgan fingerprint density at radius 3 is 2.88 bits per heavy atom. The van der Waals surface area contributed by atoms with Crippen molar-refractivity contribution in [3.63, 3.8) is 0 Å². The summed E-state index contributed by atoms with van der Waals surface area (Å²) in [7, 11) is 1.85. The molecule has 3 aromatic heterocycles. The Kier molecular flexibility index (Phi) is 3.66. The maximum atomic E-state index is 9.08. The van der Waals surface area contributed by atoms with Crippen molar-refractivity contribution in [2.75, 3.05) is 18.4 Å². The highest BCUT2D eigenvalue weighted by atomic mass is 15.4. The maximum absolute atomic E-state index is 9.08. The Morgan fingerprint density at radius 2 is 2.20 bits per heavy atom. The monoisotopic (exact) mass is 335 g/mol. The second-order valence-electron chi connectivity index (χ2n) is 6.13. The lowest BCUT2D eigenvalue weighted by molar-refractivity contribution is 0.160. The summed E-state index contributed by atoms with van der Waals surface area (Å²) in [6.07, 6.45) is 9.40. The lowest BCUT2D eigenvalue weighted by Gasteiger charge is -2.41. The van der Waals surface area contributed by atoms with Crippen LogP contribution in [0.15, 0.2) is 37.1 Å². The summed E-state index contributed by atoms with van der Waals surface area (Å²) in [5.74, 6) is 0.496. The van der Waals surface area contributed by atoms with Gasteiger partial charge in [-0.1, -0.05) is 0 Å². The van der Waals surface area contributed by atoms with E-state index in [2.05, 4.69) is 36.9 Å². The number of aromatic nitrogens is 6. The van der Waals surface area contributed by atoms with Gasteiger partial charge in [0.05, 0.1) is 36.3 Å². The van der Waals surface area contributed by atoms with Gasteiger partial charge in [-0.3, -0.25) is 9.36 Å². The van der Waals surface area contributed by atoms with Gasteiger partial charge in [0.2, 0.25) is 5.95 Å². The average Bonchev–Trinajstić information content (AvgIpc) is 3.21. The Morgan fingerprint density at radius 1 is 1.32 bits per heavy atom. The van der Waals surface area contributed by atoms with Gasteiger partial charge in [0.1, 0.15) is 5.54 Å². The third-order valence-corrected chi connectivity index (χ3v) is 4.30. The molecule has 0 amide bonds. The number of hydrogen-bond acceptors (Lipinski definition) is 7. The first-order valence-electron chi connectivity index (χ1n) is 7.90. The molecule has 2 N–H and O–H groups in total. The Hall–Kier alpha value is -3.25. The molecule has 4 heterocycles. The molecule has 4 rings (SSSR count). The summed E-state index contributed by atoms with van der Waals surface area (Å²) in [6.45, 7) is 1.50. The topological polar surface area (TPSA) is 109 Å². The van der Waals surface area contributed by atoms with Gasteiger partial charge in [0, 0.05) is 44.3 Å². The smallest absolute Gasteiger partial charge is 0.227 e. The number of anilines is 2. The third-order valence-electron chi connectivity index (χ3n) is 4.30. The van der Waals surface area contributed by atoms with Crippen LogP contribution in [0.2, 0.25) is 0 Å². The number of rotatable bonds is 5. The van der Waals surface area contributed by atoms with Crippen LogP contribution < -0.4 is 10.6 Å². The quantitative estimate of drug-likeness (QED) is 0.716. The van der Waals surface area contributed by atoms with Crippen LogP contribution in [-0.4, -0.2) is 42.6 Å². The van der Waals surface area contributed by atoms with Gasteiger partial charge in [0.25, 0.3) is 0 Å². The zero-order chi connectivity index (χ0) is 17.3. The molecule has 1 aliphatic rings. The summed E-state index contributed by atoms with van der Waals surface area (Å²) in [6, 6.07) is 4.09. The normalized spacial score (nSPS) is 15.4. The van der Waals surface area contributed by atoms with Crippen LogP contribution in [0.25, 0.3) is 11.3 Å². The fourth-order valence-electron chi connectivity index (χ4n) is 2.84. The standard InChI is InChI=1S/C16H17N9/c1-24-9-13(7-20-24)22-15-19-5-2-14(23-15)12-6-21-25(8-12)16(3-4-17)10-18-11-16/h2,5-9,18H,3,10-11H2,1H3,(H,19,22,23). The molecule has 9 nitrogen and oxygen atoms in total. The number of aryl methyl sites for hydroxylation is 1. The van der Waals surface area contributed by atoms with Gasteiger partial charge < -0.3 is 10.6 Å². The first-order valence-corrected chi connectivity index (χ1v) is 7.90. The molecule has 0 aromatic carbocycles. The van der Waals surface area contributed by atoms with Crippen molar-refractivity contribution in [3.8, 4) is 17.3 Å². The van der Waals surface area contributed by atoms with Crippen molar-refractivity contribution in [1.82, 2.24) is 34.8 Å². The molecule has 0 aliphatic carbocycles. The van der Waals surface area contributed by atoms with E-state index in [0.29, 0.717) is 12.4 Å². The zero-order valence-electron chi connectivity index (χ0n) is 13.7. The van der Waals surface area contributed by atoms with E-state index in [1.165, 1.54) is 0 Å². The molecular formula is C16H17N9. The molecule has 25 heavy (non-hydrogen) atoms. The molecule has 1 fully saturated rings. The second-order valence-corrected chi connectivity index (χ2v) is 6.13. The van der Waals surface area contributed by atoms with E-state index in [9.17, 15) is 0 Å². The fourth-order valence-corrected chi connectivity index (χ4v) is 2.84. The molecule has 0 spiro atoms. The molecule has 1 saturated heterocycles. The van der Waals surface area contributed by atoms with Gasteiger partial charge in [-0.05, 0) is 6.07 Å². The van der Waals surface area contributed by atoms with Crippen LogP contribution in [-0.2, 0) is 12.6 Å². The van der Waals surface area contributed by atoms with Gasteiger partial charge in [-0.25, -0.2) is 9.97 Å². The molecule has 0 atom stereocenters. The van der Waals surface area contributed by atoms with Crippen LogP contribution >= 0.6 is 0 Å². The van der Waals surface area contributed by atoms with Crippen LogP contribution in [0.4, 0.5) is 11.6 Å². The number of nitriles is 1. The molecule has 9 heteroatoms. The van der Waals surface area contributed by atoms with E-state index in [0.717, 1.165) is 30.0 Å². The van der Waals surface area contributed by atoms with E-state index in [1.54, 1.807) is 23.3 Å². The van der Waals surface area contributed by atoms with Gasteiger partial charge >= 0.3 is 0 Å². The number of hydrogen-bond donors (Lipinski definition) is 2. The highest BCUT2D eigenvalue weighted by Gasteiger charge is 2.39. The molecule has 3 aromatic rings. The van der Waals surface area contributed by atoms with E-state index in [-0.39, 0.29) is 5.54 Å². The minimum Gasteiger partial charge on any atom is -0.321 e.